The summed E-state index contributed by atoms with van der Waals surface area (Å²) in [5.41, 5.74) is 10.6. The molecule has 0 atom stereocenters. The predicted molar refractivity (Wildman–Crippen MR) is 166 cm³/mol. The summed E-state index contributed by atoms with van der Waals surface area (Å²) >= 11 is 12.4. The van der Waals surface area contributed by atoms with E-state index in [4.69, 9.17) is 28.9 Å². The van der Waals surface area contributed by atoms with Crippen LogP contribution in [0.2, 0.25) is 10.0 Å². The van der Waals surface area contributed by atoms with Gasteiger partial charge in [-0.15, -0.1) is 0 Å². The minimum Gasteiger partial charge on any atom is -0.366 e. The Balaban J connectivity index is 1.30. The lowest BCUT2D eigenvalue weighted by atomic mass is 9.84. The standard InChI is InChI=1S/C32H28Cl2N4O3S/c33-24-10-5-20(6-11-24)30(21-7-12-25(34)13-8-21)23-9-14-28-27(19-23)31(37-36-28)22-15-17-38(18-16-22)42(40,41)29-4-2-1-3-26(29)32(35)39/h1-14,19,22,30H,15-18H2,(H2,35,39)(H,36,37). The molecular formula is C32H28Cl2N4O3S. The summed E-state index contributed by atoms with van der Waals surface area (Å²) < 4.78 is 28.3. The van der Waals surface area contributed by atoms with Crippen molar-refractivity contribution in [2.24, 2.45) is 5.73 Å². The molecule has 3 N–H and O–H groups in total. The number of piperidine rings is 1. The normalized spacial score (nSPS) is 14.9. The Labute approximate surface area is 254 Å². The molecule has 0 saturated carbocycles. The van der Waals surface area contributed by atoms with E-state index < -0.39 is 15.9 Å². The molecule has 0 bridgehead atoms. The smallest absolute Gasteiger partial charge is 0.250 e. The number of carbonyl (C=O) groups is 1. The Morgan fingerprint density at radius 3 is 2.02 bits per heavy atom. The minimum atomic E-state index is -3.87. The predicted octanol–water partition coefficient (Wildman–Crippen LogP) is 6.72. The van der Waals surface area contributed by atoms with E-state index in [1.165, 1.54) is 16.4 Å². The Kier molecular flexibility index (Phi) is 7.81. The highest BCUT2D eigenvalue weighted by molar-refractivity contribution is 7.89. The van der Waals surface area contributed by atoms with E-state index in [1.54, 1.807) is 12.1 Å². The Bertz CT molecular complexity index is 1820. The molecule has 0 aliphatic carbocycles. The summed E-state index contributed by atoms with van der Waals surface area (Å²) in [6, 6.07) is 28.1. The van der Waals surface area contributed by atoms with Crippen LogP contribution in [-0.4, -0.2) is 41.9 Å². The van der Waals surface area contributed by atoms with Gasteiger partial charge in [-0.3, -0.25) is 9.89 Å². The van der Waals surface area contributed by atoms with E-state index in [1.807, 2.05) is 54.6 Å². The molecule has 6 rings (SSSR count). The van der Waals surface area contributed by atoms with Gasteiger partial charge in [0.1, 0.15) is 0 Å². The second kappa shape index (κ2) is 11.5. The van der Waals surface area contributed by atoms with Crippen molar-refractivity contribution in [3.63, 3.8) is 0 Å². The quantitative estimate of drug-likeness (QED) is 0.197. The van der Waals surface area contributed by atoms with Crippen molar-refractivity contribution in [2.45, 2.75) is 29.6 Å². The summed E-state index contributed by atoms with van der Waals surface area (Å²) in [6.45, 7) is 0.636. The third-order valence-corrected chi connectivity index (χ3v) is 10.4. The van der Waals surface area contributed by atoms with Crippen LogP contribution >= 0.6 is 23.2 Å². The van der Waals surface area contributed by atoms with Gasteiger partial charge in [-0.25, -0.2) is 8.42 Å². The largest absolute Gasteiger partial charge is 0.366 e. The van der Waals surface area contributed by atoms with Gasteiger partial charge < -0.3 is 5.73 Å². The average molecular weight is 620 g/mol. The summed E-state index contributed by atoms with van der Waals surface area (Å²) in [6.07, 6.45) is 1.22. The number of aromatic nitrogens is 2. The van der Waals surface area contributed by atoms with Gasteiger partial charge in [0.2, 0.25) is 15.9 Å². The second-order valence-corrected chi connectivity index (χ2v) is 13.3. The number of nitrogens with zero attached hydrogens (tertiary/aromatic N) is 2. The maximum absolute atomic E-state index is 13.4. The minimum absolute atomic E-state index is 0.00245. The van der Waals surface area contributed by atoms with Crippen LogP contribution in [0.3, 0.4) is 0 Å². The van der Waals surface area contributed by atoms with E-state index in [0.29, 0.717) is 36.0 Å². The van der Waals surface area contributed by atoms with Crippen LogP contribution in [0.5, 0.6) is 0 Å². The number of rotatable bonds is 7. The number of aromatic amines is 1. The number of H-pyrrole nitrogens is 1. The fourth-order valence-electron chi connectivity index (χ4n) is 5.85. The van der Waals surface area contributed by atoms with Gasteiger partial charge in [-0.2, -0.15) is 9.40 Å². The molecule has 2 heterocycles. The van der Waals surface area contributed by atoms with E-state index in [0.717, 1.165) is 33.3 Å². The van der Waals surface area contributed by atoms with Crippen LogP contribution in [0, 0.1) is 0 Å². The number of benzene rings is 4. The van der Waals surface area contributed by atoms with E-state index >= 15 is 0 Å². The maximum atomic E-state index is 13.4. The SMILES string of the molecule is NC(=O)c1ccccc1S(=O)(=O)N1CCC(c2[nH]nc3ccc(C(c4ccc(Cl)cc4)c4ccc(Cl)cc4)cc23)CC1. The number of fused-ring (bicyclic) bond motifs is 1. The van der Waals surface area contributed by atoms with Crippen molar-refractivity contribution in [3.05, 3.63) is 129 Å². The van der Waals surface area contributed by atoms with Gasteiger partial charge in [-0.1, -0.05) is 65.7 Å². The summed E-state index contributed by atoms with van der Waals surface area (Å²) in [5.74, 6) is -0.726. The number of halogens is 2. The lowest BCUT2D eigenvalue weighted by Gasteiger charge is -2.31. The molecule has 1 saturated heterocycles. The van der Waals surface area contributed by atoms with Crippen molar-refractivity contribution < 1.29 is 13.2 Å². The van der Waals surface area contributed by atoms with Crippen LogP contribution in [0.1, 0.15) is 57.4 Å². The second-order valence-electron chi connectivity index (χ2n) is 10.5. The molecule has 1 aromatic heterocycles. The molecule has 4 aromatic carbocycles. The lowest BCUT2D eigenvalue weighted by Crippen LogP contribution is -2.38. The van der Waals surface area contributed by atoms with Crippen molar-refractivity contribution in [1.82, 2.24) is 14.5 Å². The molecule has 1 fully saturated rings. The fraction of sp³-hybridized carbons (Fsp3) is 0.188. The molecule has 1 amide bonds. The summed E-state index contributed by atoms with van der Waals surface area (Å²) in [5, 5.41) is 10.2. The summed E-state index contributed by atoms with van der Waals surface area (Å²) in [7, 11) is -3.87. The summed E-state index contributed by atoms with van der Waals surface area (Å²) in [4.78, 5) is 11.8. The molecule has 0 radical (unpaired) electrons. The van der Waals surface area contributed by atoms with E-state index in [2.05, 4.69) is 22.3 Å². The van der Waals surface area contributed by atoms with E-state index in [-0.39, 0.29) is 22.3 Å². The van der Waals surface area contributed by atoms with Gasteiger partial charge in [-0.05, 0) is 78.1 Å². The molecule has 5 aromatic rings. The number of amides is 1. The molecule has 0 unspecified atom stereocenters. The first-order valence-corrected chi connectivity index (χ1v) is 15.8. The molecule has 42 heavy (non-hydrogen) atoms. The van der Waals surface area contributed by atoms with Crippen molar-refractivity contribution in [1.29, 1.82) is 0 Å². The Hall–Kier alpha value is -3.69. The number of hydrogen-bond donors (Lipinski definition) is 2. The van der Waals surface area contributed by atoms with Crippen LogP contribution < -0.4 is 5.73 Å². The van der Waals surface area contributed by atoms with Gasteiger partial charge in [0.15, 0.2) is 0 Å². The number of nitrogens with one attached hydrogen (secondary N) is 1. The van der Waals surface area contributed by atoms with Crippen LogP contribution in [0.15, 0.2) is 95.9 Å². The van der Waals surface area contributed by atoms with Crippen LogP contribution in [-0.2, 0) is 10.0 Å². The zero-order valence-corrected chi connectivity index (χ0v) is 24.8. The monoisotopic (exact) mass is 618 g/mol. The molecular weight excluding hydrogens is 591 g/mol. The molecule has 1 aliphatic heterocycles. The number of primary amides is 1. The topological polar surface area (TPSA) is 109 Å². The average Bonchev–Trinajstić information content (AvgIpc) is 3.43. The van der Waals surface area contributed by atoms with Gasteiger partial charge in [0.25, 0.3) is 0 Å². The van der Waals surface area contributed by atoms with Gasteiger partial charge >= 0.3 is 0 Å². The van der Waals surface area contributed by atoms with Crippen LogP contribution in [0.25, 0.3) is 10.9 Å². The van der Waals surface area contributed by atoms with Crippen molar-refractivity contribution in [2.75, 3.05) is 13.1 Å². The number of hydrogen-bond acceptors (Lipinski definition) is 4. The van der Waals surface area contributed by atoms with Crippen molar-refractivity contribution in [3.8, 4) is 0 Å². The molecule has 0 spiro atoms. The first-order valence-electron chi connectivity index (χ1n) is 13.6. The van der Waals surface area contributed by atoms with Gasteiger partial charge in [0, 0.05) is 46.1 Å². The number of carbonyl (C=O) groups excluding carboxylic acids is 1. The molecule has 10 heteroatoms. The first kappa shape index (κ1) is 28.4. The number of sulfonamides is 1. The van der Waals surface area contributed by atoms with E-state index in [9.17, 15) is 13.2 Å². The third-order valence-electron chi connectivity index (χ3n) is 7.98. The highest BCUT2D eigenvalue weighted by atomic mass is 35.5. The maximum Gasteiger partial charge on any atom is 0.250 e. The first-order chi connectivity index (χ1) is 20.2. The van der Waals surface area contributed by atoms with Crippen molar-refractivity contribution >= 4 is 50.0 Å². The lowest BCUT2D eigenvalue weighted by molar-refractivity contribution is 0.0997. The highest BCUT2D eigenvalue weighted by Gasteiger charge is 2.33. The third kappa shape index (κ3) is 5.43. The van der Waals surface area contributed by atoms with Crippen LogP contribution in [0.4, 0.5) is 0 Å². The van der Waals surface area contributed by atoms with Gasteiger partial charge in [0.05, 0.1) is 16.0 Å². The molecule has 1 aliphatic rings. The Morgan fingerprint density at radius 1 is 0.857 bits per heavy atom. The highest BCUT2D eigenvalue weighted by Crippen LogP contribution is 2.38. The molecule has 214 valence electrons. The Morgan fingerprint density at radius 2 is 1.43 bits per heavy atom. The zero-order valence-electron chi connectivity index (χ0n) is 22.5. The zero-order chi connectivity index (χ0) is 29.4. The molecule has 7 nitrogen and oxygen atoms in total. The fourth-order valence-corrected chi connectivity index (χ4v) is 7.76. The number of nitrogens with two attached hydrogens (primary N) is 1.